The van der Waals surface area contributed by atoms with Crippen molar-refractivity contribution in [1.82, 2.24) is 25.9 Å². The average molecular weight is 546 g/mol. The van der Waals surface area contributed by atoms with Gasteiger partial charge in [-0.25, -0.2) is 9.78 Å². The first-order valence-corrected chi connectivity index (χ1v) is 12.3. The van der Waals surface area contributed by atoms with E-state index in [9.17, 15) is 34.2 Å². The van der Waals surface area contributed by atoms with Gasteiger partial charge < -0.3 is 42.6 Å². The lowest BCUT2D eigenvalue weighted by Gasteiger charge is -2.28. The lowest BCUT2D eigenvalue weighted by molar-refractivity contribution is -0.142. The highest BCUT2D eigenvalue weighted by atomic mass is 16.4. The number of carbonyl (C=O) groups is 5. The summed E-state index contributed by atoms with van der Waals surface area (Å²) in [6.07, 6.45) is 2.76. The fourth-order valence-electron chi connectivity index (χ4n) is 3.70. The molecule has 39 heavy (non-hydrogen) atoms. The van der Waals surface area contributed by atoms with E-state index in [4.69, 9.17) is 11.5 Å². The van der Waals surface area contributed by atoms with Gasteiger partial charge >= 0.3 is 5.97 Å². The number of carbonyl (C=O) groups excluding carboxylic acids is 4. The van der Waals surface area contributed by atoms with Crippen molar-refractivity contribution >= 4 is 29.6 Å². The minimum absolute atomic E-state index is 0.00360. The predicted octanol–water partition coefficient (Wildman–Crippen LogP) is -1.31. The molecule has 0 radical (unpaired) electrons. The number of aliphatic carboxylic acids is 1. The Bertz CT molecular complexity index is 1140. The van der Waals surface area contributed by atoms with Gasteiger partial charge in [0.15, 0.2) is 0 Å². The molecule has 212 valence electrons. The van der Waals surface area contributed by atoms with Crippen molar-refractivity contribution < 1.29 is 34.2 Å². The van der Waals surface area contributed by atoms with E-state index < -0.39 is 66.1 Å². The van der Waals surface area contributed by atoms with Gasteiger partial charge in [0, 0.05) is 24.7 Å². The molecule has 5 atom stereocenters. The van der Waals surface area contributed by atoms with Crippen LogP contribution in [0.2, 0.25) is 0 Å². The summed E-state index contributed by atoms with van der Waals surface area (Å²) >= 11 is 0. The largest absolute Gasteiger partial charge is 0.508 e. The molecule has 0 spiro atoms. The first-order valence-electron chi connectivity index (χ1n) is 12.3. The highest BCUT2D eigenvalue weighted by Crippen LogP contribution is 2.14. The third-order valence-corrected chi connectivity index (χ3v) is 6.15. The molecular weight excluding hydrogens is 510 g/mol. The Hall–Kier alpha value is -4.46. The number of imidazole rings is 1. The number of nitrogens with two attached hydrogens (primary N) is 2. The third kappa shape index (κ3) is 9.74. The van der Waals surface area contributed by atoms with Gasteiger partial charge in [0.05, 0.1) is 18.8 Å². The summed E-state index contributed by atoms with van der Waals surface area (Å²) < 4.78 is 0. The molecule has 5 unspecified atom stereocenters. The van der Waals surface area contributed by atoms with Gasteiger partial charge in [-0.2, -0.15) is 0 Å². The number of aromatic nitrogens is 2. The van der Waals surface area contributed by atoms with Crippen LogP contribution in [-0.2, 0) is 36.8 Å². The highest BCUT2D eigenvalue weighted by Gasteiger charge is 2.33. The number of H-pyrrole nitrogens is 1. The molecule has 2 rings (SSSR count). The molecule has 2 aromatic rings. The van der Waals surface area contributed by atoms with Crippen LogP contribution in [0.4, 0.5) is 0 Å². The van der Waals surface area contributed by atoms with Crippen molar-refractivity contribution in [3.05, 3.63) is 48.0 Å². The fraction of sp³-hybridized carbons (Fsp3) is 0.440. The topological polar surface area (TPSA) is 243 Å². The number of carboxylic acid groups (broad SMARTS) is 1. The van der Waals surface area contributed by atoms with Gasteiger partial charge in [-0.15, -0.1) is 0 Å². The Balaban J connectivity index is 2.24. The second-order valence-corrected chi connectivity index (χ2v) is 9.26. The van der Waals surface area contributed by atoms with Gasteiger partial charge in [-0.05, 0) is 23.6 Å². The second kappa shape index (κ2) is 14.5. The van der Waals surface area contributed by atoms with Crippen LogP contribution < -0.4 is 27.4 Å². The first kappa shape index (κ1) is 30.8. The summed E-state index contributed by atoms with van der Waals surface area (Å²) in [6, 6.07) is 0.974. The molecule has 14 heteroatoms. The third-order valence-electron chi connectivity index (χ3n) is 6.15. The molecule has 0 aliphatic heterocycles. The number of hydrogen-bond donors (Lipinski definition) is 8. The Morgan fingerprint density at radius 3 is 2.15 bits per heavy atom. The number of phenols is 1. The molecule has 1 heterocycles. The quantitative estimate of drug-likeness (QED) is 0.132. The molecule has 1 aromatic heterocycles. The molecule has 0 saturated heterocycles. The van der Waals surface area contributed by atoms with Crippen LogP contribution in [0.5, 0.6) is 5.75 Å². The van der Waals surface area contributed by atoms with Crippen molar-refractivity contribution in [2.75, 3.05) is 0 Å². The Labute approximate surface area is 224 Å². The van der Waals surface area contributed by atoms with Gasteiger partial charge in [0.1, 0.15) is 23.9 Å². The summed E-state index contributed by atoms with van der Waals surface area (Å²) in [5.74, 6) is -4.72. The molecule has 0 bridgehead atoms. The Kier molecular flexibility index (Phi) is 11.4. The summed E-state index contributed by atoms with van der Waals surface area (Å²) in [7, 11) is 0. The van der Waals surface area contributed by atoms with Crippen LogP contribution in [0.3, 0.4) is 0 Å². The monoisotopic (exact) mass is 545 g/mol. The van der Waals surface area contributed by atoms with Gasteiger partial charge in [-0.3, -0.25) is 19.2 Å². The van der Waals surface area contributed by atoms with E-state index in [1.807, 2.05) is 0 Å². The van der Waals surface area contributed by atoms with Crippen LogP contribution in [0.25, 0.3) is 0 Å². The zero-order chi connectivity index (χ0) is 29.1. The Morgan fingerprint density at radius 1 is 0.974 bits per heavy atom. The molecule has 0 aliphatic rings. The molecule has 0 saturated carbocycles. The predicted molar refractivity (Wildman–Crippen MR) is 139 cm³/mol. The van der Waals surface area contributed by atoms with Gasteiger partial charge in [0.25, 0.3) is 0 Å². The number of amides is 4. The lowest BCUT2D eigenvalue weighted by Crippen LogP contribution is -2.59. The average Bonchev–Trinajstić information content (AvgIpc) is 3.39. The van der Waals surface area contributed by atoms with Crippen LogP contribution in [0.1, 0.15) is 37.9 Å². The molecule has 10 N–H and O–H groups in total. The van der Waals surface area contributed by atoms with Crippen molar-refractivity contribution in [3.8, 4) is 5.75 Å². The zero-order valence-electron chi connectivity index (χ0n) is 21.7. The maximum Gasteiger partial charge on any atom is 0.326 e. The first-order chi connectivity index (χ1) is 18.4. The number of nitrogens with zero attached hydrogens (tertiary/aromatic N) is 1. The molecular formula is C25H35N7O7. The van der Waals surface area contributed by atoms with E-state index in [1.165, 1.54) is 24.7 Å². The smallest absolute Gasteiger partial charge is 0.326 e. The van der Waals surface area contributed by atoms with Gasteiger partial charge in [-0.1, -0.05) is 32.4 Å². The summed E-state index contributed by atoms with van der Waals surface area (Å²) in [6.45, 7) is 3.51. The zero-order valence-corrected chi connectivity index (χ0v) is 21.7. The number of benzene rings is 1. The number of aromatic amines is 1. The number of primary amides is 1. The lowest BCUT2D eigenvalue weighted by atomic mass is 9.96. The van der Waals surface area contributed by atoms with E-state index in [2.05, 4.69) is 25.9 Å². The number of hydrogen-bond acceptors (Lipinski definition) is 8. The highest BCUT2D eigenvalue weighted by molar-refractivity contribution is 5.95. The van der Waals surface area contributed by atoms with Crippen LogP contribution in [0, 0.1) is 5.92 Å². The van der Waals surface area contributed by atoms with E-state index >= 15 is 0 Å². The van der Waals surface area contributed by atoms with Crippen LogP contribution in [0.15, 0.2) is 36.8 Å². The molecule has 14 nitrogen and oxygen atoms in total. The molecule has 0 aliphatic carbocycles. The molecule has 1 aromatic carbocycles. The maximum atomic E-state index is 13.4. The van der Waals surface area contributed by atoms with Crippen LogP contribution >= 0.6 is 0 Å². The summed E-state index contributed by atoms with van der Waals surface area (Å²) in [5.41, 5.74) is 11.9. The normalized spacial score (nSPS) is 14.7. The second-order valence-electron chi connectivity index (χ2n) is 9.26. The van der Waals surface area contributed by atoms with Crippen molar-refractivity contribution in [1.29, 1.82) is 0 Å². The van der Waals surface area contributed by atoms with E-state index in [0.29, 0.717) is 17.7 Å². The van der Waals surface area contributed by atoms with Crippen molar-refractivity contribution in [3.63, 3.8) is 0 Å². The molecule has 4 amide bonds. The van der Waals surface area contributed by atoms with E-state index in [1.54, 1.807) is 26.0 Å². The van der Waals surface area contributed by atoms with E-state index in [0.717, 1.165) is 0 Å². The van der Waals surface area contributed by atoms with Crippen molar-refractivity contribution in [2.24, 2.45) is 17.4 Å². The minimum Gasteiger partial charge on any atom is -0.508 e. The number of carboxylic acids is 1. The SMILES string of the molecule is CCC(C)C(NC(=O)C(Cc1ccc(O)cc1)NC(=O)C(N)CC(N)=O)C(=O)NC(Cc1cnc[nH]1)C(=O)O. The summed E-state index contributed by atoms with van der Waals surface area (Å²) in [4.78, 5) is 68.8. The number of nitrogens with one attached hydrogen (secondary N) is 4. The standard InChI is InChI=1S/C25H35N7O7/c1-3-13(2)21(24(37)31-19(25(38)39)9-15-11-28-12-29-15)32-23(36)18(8-14-4-6-16(33)7-5-14)30-22(35)17(26)10-20(27)34/h4-7,11-13,17-19,21,33H,3,8-10,26H2,1-2H3,(H2,27,34)(H,28,29)(H,30,35)(H,31,37)(H,32,36)(H,38,39). The fourth-order valence-corrected chi connectivity index (χ4v) is 3.70. The maximum absolute atomic E-state index is 13.4. The summed E-state index contributed by atoms with van der Waals surface area (Å²) in [5, 5.41) is 26.8. The Morgan fingerprint density at radius 2 is 1.62 bits per heavy atom. The number of rotatable bonds is 15. The molecule has 0 fully saturated rings. The van der Waals surface area contributed by atoms with E-state index in [-0.39, 0.29) is 18.6 Å². The van der Waals surface area contributed by atoms with Crippen LogP contribution in [-0.4, -0.2) is 73.9 Å². The number of aromatic hydroxyl groups is 1. The number of phenolic OH excluding ortho intramolecular Hbond substituents is 1. The van der Waals surface area contributed by atoms with Crippen molar-refractivity contribution in [2.45, 2.75) is 63.7 Å². The van der Waals surface area contributed by atoms with Gasteiger partial charge in [0.2, 0.25) is 23.6 Å². The minimum atomic E-state index is -1.30.